The second-order valence-electron chi connectivity index (χ2n) is 3.64. The molecule has 0 amide bonds. The number of carboxylic acids is 1. The minimum Gasteiger partial charge on any atom is -0.478 e. The van der Waals surface area contributed by atoms with Crippen molar-refractivity contribution in [1.29, 1.82) is 0 Å². The van der Waals surface area contributed by atoms with E-state index in [0.717, 1.165) is 0 Å². The summed E-state index contributed by atoms with van der Waals surface area (Å²) in [4.78, 5) is 14.6. The van der Waals surface area contributed by atoms with Crippen LogP contribution in [0, 0.1) is 0 Å². The Balaban J connectivity index is 2.55. The zero-order chi connectivity index (χ0) is 12.9. The summed E-state index contributed by atoms with van der Waals surface area (Å²) in [5.41, 5.74) is 0.521. The van der Waals surface area contributed by atoms with Gasteiger partial charge < -0.3 is 10.4 Å². The molecule has 1 heterocycles. The third-order valence-electron chi connectivity index (χ3n) is 2.06. The number of rotatable bonds is 6. The van der Waals surface area contributed by atoms with Gasteiger partial charge in [-0.25, -0.2) is 13.2 Å². The lowest BCUT2D eigenvalue weighted by molar-refractivity contribution is 0.0697. The van der Waals surface area contributed by atoms with E-state index in [1.165, 1.54) is 18.6 Å². The van der Waals surface area contributed by atoms with Gasteiger partial charge in [0.05, 0.1) is 11.4 Å². The first kappa shape index (κ1) is 13.4. The van der Waals surface area contributed by atoms with Gasteiger partial charge in [-0.15, -0.1) is 0 Å². The topological polar surface area (TPSA) is 96.4 Å². The maximum atomic E-state index is 10.9. The fourth-order valence-electron chi connectivity index (χ4n) is 1.28. The minimum absolute atomic E-state index is 0.0758. The van der Waals surface area contributed by atoms with Crippen LogP contribution >= 0.6 is 0 Å². The molecule has 0 spiro atoms. The van der Waals surface area contributed by atoms with Gasteiger partial charge in [-0.3, -0.25) is 4.98 Å². The summed E-state index contributed by atoms with van der Waals surface area (Å²) >= 11 is 0. The summed E-state index contributed by atoms with van der Waals surface area (Å²) in [5.74, 6) is -0.989. The number of hydrogen-bond donors (Lipinski definition) is 2. The number of hydrogen-bond acceptors (Lipinski definition) is 5. The van der Waals surface area contributed by atoms with E-state index < -0.39 is 15.8 Å². The van der Waals surface area contributed by atoms with Gasteiger partial charge in [-0.05, 0) is 12.5 Å². The van der Waals surface area contributed by atoms with Crippen LogP contribution in [0.4, 0.5) is 5.69 Å². The third kappa shape index (κ3) is 4.81. The van der Waals surface area contributed by atoms with Gasteiger partial charge in [0.2, 0.25) is 0 Å². The van der Waals surface area contributed by atoms with Gasteiger partial charge in [0.25, 0.3) is 0 Å². The average Bonchev–Trinajstić information content (AvgIpc) is 2.23. The Morgan fingerprint density at radius 1 is 1.53 bits per heavy atom. The molecule has 94 valence electrons. The van der Waals surface area contributed by atoms with E-state index in [-0.39, 0.29) is 11.3 Å². The molecular weight excluding hydrogens is 244 g/mol. The van der Waals surface area contributed by atoms with Gasteiger partial charge in [0, 0.05) is 25.2 Å². The highest BCUT2D eigenvalue weighted by Gasteiger charge is 2.09. The molecule has 0 fully saturated rings. The van der Waals surface area contributed by atoms with E-state index in [2.05, 4.69) is 10.3 Å². The van der Waals surface area contributed by atoms with Crippen LogP contribution in [0.1, 0.15) is 16.8 Å². The van der Waals surface area contributed by atoms with Gasteiger partial charge >= 0.3 is 5.97 Å². The minimum atomic E-state index is -2.97. The Hall–Kier alpha value is -1.63. The van der Waals surface area contributed by atoms with Crippen LogP contribution in [-0.4, -0.2) is 43.0 Å². The molecule has 0 unspecified atom stereocenters. The molecule has 0 atom stereocenters. The normalized spacial score (nSPS) is 11.1. The molecule has 0 aliphatic heterocycles. The molecule has 0 saturated heterocycles. The number of pyridine rings is 1. The molecule has 0 aromatic carbocycles. The van der Waals surface area contributed by atoms with Crippen molar-refractivity contribution in [2.45, 2.75) is 6.42 Å². The predicted molar refractivity (Wildman–Crippen MR) is 64.0 cm³/mol. The van der Waals surface area contributed by atoms with Crippen molar-refractivity contribution in [3.05, 3.63) is 24.0 Å². The van der Waals surface area contributed by atoms with E-state index in [1.807, 2.05) is 0 Å². The second kappa shape index (κ2) is 5.62. The monoisotopic (exact) mass is 258 g/mol. The first-order valence-electron chi connectivity index (χ1n) is 4.99. The Morgan fingerprint density at radius 3 is 2.82 bits per heavy atom. The largest absolute Gasteiger partial charge is 0.478 e. The highest BCUT2D eigenvalue weighted by molar-refractivity contribution is 7.90. The first-order valence-corrected chi connectivity index (χ1v) is 7.05. The van der Waals surface area contributed by atoms with Crippen molar-refractivity contribution in [3.8, 4) is 0 Å². The lowest BCUT2D eigenvalue weighted by Gasteiger charge is -2.08. The molecule has 1 rings (SSSR count). The van der Waals surface area contributed by atoms with E-state index in [4.69, 9.17) is 5.11 Å². The fourth-order valence-corrected chi connectivity index (χ4v) is 1.95. The molecule has 0 bridgehead atoms. The molecule has 2 N–H and O–H groups in total. The van der Waals surface area contributed by atoms with Crippen molar-refractivity contribution in [2.75, 3.05) is 23.9 Å². The second-order valence-corrected chi connectivity index (χ2v) is 5.90. The third-order valence-corrected chi connectivity index (χ3v) is 3.09. The Kier molecular flexibility index (Phi) is 4.45. The fraction of sp³-hybridized carbons (Fsp3) is 0.400. The van der Waals surface area contributed by atoms with E-state index in [0.29, 0.717) is 18.7 Å². The van der Waals surface area contributed by atoms with Crippen LogP contribution in [0.5, 0.6) is 0 Å². The SMILES string of the molecule is CS(=O)(=O)CCCNc1ccncc1C(=O)O. The number of nitrogens with one attached hydrogen (secondary N) is 1. The maximum Gasteiger partial charge on any atom is 0.339 e. The van der Waals surface area contributed by atoms with Crippen LogP contribution in [0.2, 0.25) is 0 Å². The van der Waals surface area contributed by atoms with Crippen LogP contribution in [0.3, 0.4) is 0 Å². The first-order chi connectivity index (χ1) is 7.90. The van der Waals surface area contributed by atoms with Crippen molar-refractivity contribution in [2.24, 2.45) is 0 Å². The Labute approximate surface area is 99.6 Å². The standard InChI is InChI=1S/C10H14N2O4S/c1-17(15,16)6-2-4-12-9-3-5-11-7-8(9)10(13)14/h3,5,7H,2,4,6H2,1H3,(H,11,12)(H,13,14). The zero-order valence-electron chi connectivity index (χ0n) is 9.38. The van der Waals surface area contributed by atoms with Crippen LogP contribution in [0.25, 0.3) is 0 Å². The smallest absolute Gasteiger partial charge is 0.339 e. The number of anilines is 1. The highest BCUT2D eigenvalue weighted by atomic mass is 32.2. The van der Waals surface area contributed by atoms with E-state index in [1.54, 1.807) is 6.07 Å². The summed E-state index contributed by atoms with van der Waals surface area (Å²) in [5, 5.41) is 11.8. The number of aromatic carboxylic acids is 1. The van der Waals surface area contributed by atoms with Crippen LogP contribution in [-0.2, 0) is 9.84 Å². The van der Waals surface area contributed by atoms with Gasteiger partial charge in [-0.2, -0.15) is 0 Å². The molecule has 7 heteroatoms. The summed E-state index contributed by atoms with van der Waals surface area (Å²) < 4.78 is 21.8. The van der Waals surface area contributed by atoms with Crippen LogP contribution < -0.4 is 5.32 Å². The van der Waals surface area contributed by atoms with E-state index >= 15 is 0 Å². The Bertz CT molecular complexity index is 499. The lowest BCUT2D eigenvalue weighted by atomic mass is 10.2. The molecule has 17 heavy (non-hydrogen) atoms. The summed E-state index contributed by atoms with van der Waals surface area (Å²) in [6, 6.07) is 1.55. The van der Waals surface area contributed by atoms with Crippen molar-refractivity contribution in [3.63, 3.8) is 0 Å². The molecule has 0 saturated carbocycles. The quantitative estimate of drug-likeness (QED) is 0.726. The molecular formula is C10H14N2O4S. The highest BCUT2D eigenvalue weighted by Crippen LogP contribution is 2.13. The summed E-state index contributed by atoms with van der Waals surface area (Å²) in [6.07, 6.45) is 4.33. The number of nitrogens with zero attached hydrogens (tertiary/aromatic N) is 1. The molecule has 0 aliphatic rings. The molecule has 1 aromatic heterocycles. The van der Waals surface area contributed by atoms with E-state index in [9.17, 15) is 13.2 Å². The molecule has 0 aliphatic carbocycles. The van der Waals surface area contributed by atoms with Crippen molar-refractivity contribution >= 4 is 21.5 Å². The van der Waals surface area contributed by atoms with Crippen molar-refractivity contribution < 1.29 is 18.3 Å². The van der Waals surface area contributed by atoms with Gasteiger partial charge in [0.1, 0.15) is 15.4 Å². The number of carbonyl (C=O) groups is 1. The zero-order valence-corrected chi connectivity index (χ0v) is 10.2. The number of sulfone groups is 1. The van der Waals surface area contributed by atoms with Crippen LogP contribution in [0.15, 0.2) is 18.5 Å². The van der Waals surface area contributed by atoms with Crippen molar-refractivity contribution in [1.82, 2.24) is 4.98 Å². The molecule has 6 nitrogen and oxygen atoms in total. The Morgan fingerprint density at radius 2 is 2.24 bits per heavy atom. The maximum absolute atomic E-state index is 10.9. The average molecular weight is 258 g/mol. The van der Waals surface area contributed by atoms with Gasteiger partial charge in [0.15, 0.2) is 0 Å². The summed E-state index contributed by atoms with van der Waals surface area (Å²) in [7, 11) is -2.97. The summed E-state index contributed by atoms with van der Waals surface area (Å²) in [6.45, 7) is 0.400. The molecule has 0 radical (unpaired) electrons. The molecule has 1 aromatic rings. The lowest BCUT2D eigenvalue weighted by Crippen LogP contribution is -2.12. The number of aromatic nitrogens is 1. The number of carboxylic acid groups (broad SMARTS) is 1. The van der Waals surface area contributed by atoms with Gasteiger partial charge in [-0.1, -0.05) is 0 Å². The predicted octanol–water partition coefficient (Wildman–Crippen LogP) is 0.626.